The zero-order valence-electron chi connectivity index (χ0n) is 23.5. The van der Waals surface area contributed by atoms with Gasteiger partial charge < -0.3 is 24.6 Å². The van der Waals surface area contributed by atoms with Gasteiger partial charge in [0.05, 0.1) is 25.3 Å². The molecule has 2 N–H and O–H groups in total. The number of hydrogen-bond donors (Lipinski definition) is 2. The SMILES string of the molecule is COCOc1c(OC)c(C)cc2c1[C@@H]1C3CC4=C(C(=O)C(O)=C(C)C4=O)C(CNC(C)=O)N3[C@@H](C#N)[C@H](C2)N1C. The summed E-state index contributed by atoms with van der Waals surface area (Å²) in [5.74, 6) is -0.801. The van der Waals surface area contributed by atoms with Crippen LogP contribution in [0.3, 0.4) is 0 Å². The summed E-state index contributed by atoms with van der Waals surface area (Å²) in [4.78, 5) is 43.1. The van der Waals surface area contributed by atoms with Crippen LogP contribution in [0.1, 0.15) is 43.0 Å². The van der Waals surface area contributed by atoms with E-state index < -0.39 is 35.5 Å². The number of nitrogens with one attached hydrogen (secondary N) is 1. The maximum atomic E-state index is 13.5. The van der Waals surface area contributed by atoms with Gasteiger partial charge >= 0.3 is 0 Å². The van der Waals surface area contributed by atoms with Gasteiger partial charge in [-0.1, -0.05) is 6.07 Å². The molecule has 1 fully saturated rings. The van der Waals surface area contributed by atoms with Gasteiger partial charge in [0, 0.05) is 54.9 Å². The maximum absolute atomic E-state index is 13.5. The third kappa shape index (κ3) is 4.01. The van der Waals surface area contributed by atoms with Crippen LogP contribution in [0, 0.1) is 18.3 Å². The van der Waals surface area contributed by atoms with Gasteiger partial charge in [0.15, 0.2) is 29.8 Å². The number of amides is 1. The molecule has 3 aliphatic heterocycles. The number of carbonyl (C=O) groups excluding carboxylic acids is 3. The van der Waals surface area contributed by atoms with Gasteiger partial charge in [-0.2, -0.15) is 5.26 Å². The Kier molecular flexibility index (Phi) is 7.20. The molecule has 2 bridgehead atoms. The van der Waals surface area contributed by atoms with Gasteiger partial charge in [0.1, 0.15) is 6.04 Å². The highest BCUT2D eigenvalue weighted by Gasteiger charge is 2.57. The first-order chi connectivity index (χ1) is 19.1. The predicted octanol–water partition coefficient (Wildman–Crippen LogP) is 1.65. The largest absolute Gasteiger partial charge is 0.504 e. The van der Waals surface area contributed by atoms with E-state index in [1.807, 2.05) is 18.9 Å². The van der Waals surface area contributed by atoms with Crippen LogP contribution in [-0.4, -0.2) is 91.2 Å². The zero-order valence-corrected chi connectivity index (χ0v) is 23.5. The topological polar surface area (TPSA) is 141 Å². The second-order valence-electron chi connectivity index (χ2n) is 10.8. The highest BCUT2D eigenvalue weighted by Crippen LogP contribution is 2.54. The lowest BCUT2D eigenvalue weighted by atomic mass is 9.69. The molecule has 40 heavy (non-hydrogen) atoms. The molecule has 1 amide bonds. The van der Waals surface area contributed by atoms with Crippen molar-refractivity contribution in [1.29, 1.82) is 5.26 Å². The van der Waals surface area contributed by atoms with E-state index in [0.717, 1.165) is 16.7 Å². The molecule has 1 aromatic carbocycles. The number of nitrogens with zero attached hydrogens (tertiary/aromatic N) is 3. The van der Waals surface area contributed by atoms with Gasteiger partial charge in [0.25, 0.3) is 0 Å². The summed E-state index contributed by atoms with van der Waals surface area (Å²) in [5, 5.41) is 23.9. The molecule has 212 valence electrons. The van der Waals surface area contributed by atoms with Gasteiger partial charge in [0.2, 0.25) is 11.7 Å². The van der Waals surface area contributed by atoms with E-state index in [9.17, 15) is 24.8 Å². The van der Waals surface area contributed by atoms with Crippen molar-refractivity contribution in [2.24, 2.45) is 0 Å². The molecule has 2 unspecified atom stereocenters. The number of hydrogen-bond acceptors (Lipinski definition) is 10. The maximum Gasteiger partial charge on any atom is 0.225 e. The molecule has 1 saturated heterocycles. The smallest absolute Gasteiger partial charge is 0.225 e. The van der Waals surface area contributed by atoms with Gasteiger partial charge in [-0.3, -0.25) is 24.2 Å². The van der Waals surface area contributed by atoms with Crippen molar-refractivity contribution in [3.8, 4) is 17.6 Å². The fourth-order valence-corrected chi connectivity index (χ4v) is 7.05. The summed E-state index contributed by atoms with van der Waals surface area (Å²) in [7, 11) is 5.08. The Morgan fingerprint density at radius 3 is 2.52 bits per heavy atom. The molecule has 0 aromatic heterocycles. The number of ketones is 2. The number of aliphatic hydroxyl groups excluding tert-OH is 1. The highest BCUT2D eigenvalue weighted by molar-refractivity contribution is 6.24. The summed E-state index contributed by atoms with van der Waals surface area (Å²) < 4.78 is 17.1. The Morgan fingerprint density at radius 2 is 1.90 bits per heavy atom. The molecule has 5 atom stereocenters. The monoisotopic (exact) mass is 550 g/mol. The lowest BCUT2D eigenvalue weighted by Gasteiger charge is -2.60. The Bertz CT molecular complexity index is 1410. The van der Waals surface area contributed by atoms with Crippen LogP contribution in [0.25, 0.3) is 0 Å². The summed E-state index contributed by atoms with van der Waals surface area (Å²) in [6.07, 6.45) is 0.716. The zero-order chi connectivity index (χ0) is 29.0. The number of fused-ring (bicyclic) bond motifs is 6. The Balaban J connectivity index is 1.75. The molecular formula is C29H34N4O7. The lowest BCUT2D eigenvalue weighted by Crippen LogP contribution is -2.71. The van der Waals surface area contributed by atoms with Crippen molar-refractivity contribution >= 4 is 17.5 Å². The third-order valence-corrected chi connectivity index (χ3v) is 8.73. The number of Topliss-reactive ketones (excluding diaryl/α,β-unsaturated/α-hetero) is 2. The number of carbonyl (C=O) groups is 3. The quantitative estimate of drug-likeness (QED) is 0.397. The van der Waals surface area contributed by atoms with Gasteiger partial charge in [-0.05, 0) is 44.9 Å². The highest BCUT2D eigenvalue weighted by atomic mass is 16.7. The van der Waals surface area contributed by atoms with Crippen molar-refractivity contribution in [3.05, 3.63) is 45.2 Å². The van der Waals surface area contributed by atoms with Crippen LogP contribution in [0.5, 0.6) is 11.5 Å². The first-order valence-electron chi connectivity index (χ1n) is 13.2. The van der Waals surface area contributed by atoms with E-state index in [1.165, 1.54) is 21.0 Å². The molecule has 0 spiro atoms. The number of allylic oxidation sites excluding steroid dienone is 2. The standard InChI is InChI=1S/C29H34N4O7/c1-13-7-16-8-18-20(10-30)33-19(24(32(18)4)22(16)29(28(13)39-6)40-12-38-5)9-17-23(21(33)11-31-15(3)34)27(37)26(36)14(2)25(17)35/h7,18-21,24,36H,8-9,11-12H2,1-6H3,(H,31,34)/t18-,19?,20-,21?,24-/m0/s1. The molecule has 1 aliphatic carbocycles. The van der Waals surface area contributed by atoms with Crippen LogP contribution in [0.15, 0.2) is 28.5 Å². The van der Waals surface area contributed by atoms with E-state index in [2.05, 4.69) is 22.4 Å². The van der Waals surface area contributed by atoms with E-state index in [1.54, 1.807) is 7.11 Å². The summed E-state index contributed by atoms with van der Waals surface area (Å²) in [6.45, 7) is 4.76. The average molecular weight is 551 g/mol. The number of methoxy groups -OCH3 is 2. The summed E-state index contributed by atoms with van der Waals surface area (Å²) in [6, 6.07) is 2.08. The minimum Gasteiger partial charge on any atom is -0.504 e. The molecule has 1 aromatic rings. The second-order valence-corrected chi connectivity index (χ2v) is 10.8. The number of benzene rings is 1. The van der Waals surface area contributed by atoms with Crippen LogP contribution >= 0.6 is 0 Å². The molecule has 4 aliphatic rings. The first kappa shape index (κ1) is 27.8. The fourth-order valence-electron chi connectivity index (χ4n) is 7.05. The van der Waals surface area contributed by atoms with Crippen molar-refractivity contribution < 1.29 is 33.7 Å². The molecule has 5 rings (SSSR count). The second kappa shape index (κ2) is 10.4. The van der Waals surface area contributed by atoms with Crippen LogP contribution in [-0.2, 0) is 25.5 Å². The van der Waals surface area contributed by atoms with Crippen LogP contribution in [0.2, 0.25) is 0 Å². The molecule has 0 radical (unpaired) electrons. The normalized spacial score (nSPS) is 28.0. The number of nitriles is 1. The predicted molar refractivity (Wildman–Crippen MR) is 143 cm³/mol. The minimum absolute atomic E-state index is 0.000180. The molecule has 11 nitrogen and oxygen atoms in total. The molecule has 11 heteroatoms. The van der Waals surface area contributed by atoms with Crippen LogP contribution < -0.4 is 14.8 Å². The third-order valence-electron chi connectivity index (χ3n) is 8.73. The minimum atomic E-state index is -0.787. The van der Waals surface area contributed by atoms with Crippen LogP contribution in [0.4, 0.5) is 0 Å². The number of aliphatic hydroxyl groups is 1. The average Bonchev–Trinajstić information content (AvgIpc) is 2.92. The first-order valence-corrected chi connectivity index (χ1v) is 13.2. The summed E-state index contributed by atoms with van der Waals surface area (Å²) in [5.41, 5.74) is 3.26. The van der Waals surface area contributed by atoms with E-state index in [4.69, 9.17) is 14.2 Å². The van der Waals surface area contributed by atoms with E-state index >= 15 is 0 Å². The van der Waals surface area contributed by atoms with Crippen molar-refractivity contribution in [1.82, 2.24) is 15.1 Å². The van der Waals surface area contributed by atoms with E-state index in [0.29, 0.717) is 23.5 Å². The Labute approximate surface area is 233 Å². The fraction of sp³-hybridized carbons (Fsp3) is 0.517. The molecular weight excluding hydrogens is 516 g/mol. The number of piperazine rings is 1. The lowest BCUT2D eigenvalue weighted by molar-refractivity contribution is -0.123. The molecule has 3 heterocycles. The number of rotatable bonds is 6. The van der Waals surface area contributed by atoms with E-state index in [-0.39, 0.29) is 48.9 Å². The van der Waals surface area contributed by atoms with Gasteiger partial charge in [-0.25, -0.2) is 0 Å². The van der Waals surface area contributed by atoms with Crippen molar-refractivity contribution in [2.75, 3.05) is 34.6 Å². The number of ether oxygens (including phenoxy) is 3. The number of likely N-dealkylation sites (N-methyl/N-ethyl adjacent to an activating group) is 1. The van der Waals surface area contributed by atoms with Crippen molar-refractivity contribution in [2.45, 2.75) is 63.8 Å². The van der Waals surface area contributed by atoms with Crippen molar-refractivity contribution in [3.63, 3.8) is 0 Å². The molecule has 0 saturated carbocycles. The Morgan fingerprint density at radius 1 is 1.18 bits per heavy atom. The number of aryl methyl sites for hydroxylation is 1. The Hall–Kier alpha value is -3.72. The summed E-state index contributed by atoms with van der Waals surface area (Å²) >= 11 is 0. The van der Waals surface area contributed by atoms with Gasteiger partial charge in [-0.15, -0.1) is 0 Å².